The second-order valence-corrected chi connectivity index (χ2v) is 8.72. The largest absolute Gasteiger partial charge is 0.456 e. The van der Waals surface area contributed by atoms with Crippen molar-refractivity contribution in [3.63, 3.8) is 0 Å². The first-order chi connectivity index (χ1) is 13.8. The highest BCUT2D eigenvalue weighted by Crippen LogP contribution is 2.50. The Hall–Kier alpha value is -2.30. The van der Waals surface area contributed by atoms with E-state index < -0.39 is 0 Å². The number of benzene rings is 3. The van der Waals surface area contributed by atoms with Gasteiger partial charge in [0.25, 0.3) is 0 Å². The van der Waals surface area contributed by atoms with Gasteiger partial charge in [0, 0.05) is 39.0 Å². The van der Waals surface area contributed by atoms with E-state index >= 15 is 0 Å². The smallest absolute Gasteiger partial charge is 0.135 e. The number of hydrogen-bond acceptors (Lipinski definition) is 3. The van der Waals surface area contributed by atoms with Crippen LogP contribution in [0, 0.1) is 5.92 Å². The first-order valence-electron chi connectivity index (χ1n) is 9.87. The maximum absolute atomic E-state index is 6.28. The highest BCUT2D eigenvalue weighted by atomic mass is 79.9. The lowest BCUT2D eigenvalue weighted by atomic mass is 9.77. The SMILES string of the molecule is Brc1ccc2c(c1)C1OCCCC1[C@H](c1ccc3oc4ccccc4c3c1)N2. The molecule has 0 aliphatic carbocycles. The molecule has 2 aliphatic heterocycles. The van der Waals surface area contributed by atoms with Crippen LogP contribution in [-0.4, -0.2) is 6.61 Å². The number of para-hydroxylation sites is 1. The summed E-state index contributed by atoms with van der Waals surface area (Å²) in [7, 11) is 0. The van der Waals surface area contributed by atoms with Gasteiger partial charge in [0.15, 0.2) is 0 Å². The molecule has 3 atom stereocenters. The van der Waals surface area contributed by atoms with Crippen molar-refractivity contribution in [2.45, 2.75) is 25.0 Å². The lowest BCUT2D eigenvalue weighted by Crippen LogP contribution is -2.36. The molecule has 0 radical (unpaired) electrons. The molecule has 1 fully saturated rings. The molecular formula is C24H20BrNO2. The van der Waals surface area contributed by atoms with Gasteiger partial charge in [-0.15, -0.1) is 0 Å². The molecule has 2 aliphatic rings. The number of ether oxygens (including phenoxy) is 1. The van der Waals surface area contributed by atoms with E-state index in [0.717, 1.165) is 28.7 Å². The van der Waals surface area contributed by atoms with Gasteiger partial charge in [-0.2, -0.15) is 0 Å². The maximum atomic E-state index is 6.28. The van der Waals surface area contributed by atoms with Crippen molar-refractivity contribution in [2.75, 3.05) is 11.9 Å². The van der Waals surface area contributed by atoms with Gasteiger partial charge >= 0.3 is 0 Å². The van der Waals surface area contributed by atoms with Crippen LogP contribution in [0.15, 0.2) is 69.6 Å². The Bertz CT molecular complexity index is 1200. The molecular weight excluding hydrogens is 414 g/mol. The van der Waals surface area contributed by atoms with E-state index in [9.17, 15) is 0 Å². The average molecular weight is 434 g/mol. The summed E-state index contributed by atoms with van der Waals surface area (Å²) >= 11 is 3.62. The van der Waals surface area contributed by atoms with Crippen LogP contribution < -0.4 is 5.32 Å². The fourth-order valence-electron chi connectivity index (χ4n) is 4.91. The third-order valence-corrected chi connectivity index (χ3v) is 6.68. The van der Waals surface area contributed by atoms with Gasteiger partial charge in [0.05, 0.1) is 12.1 Å². The van der Waals surface area contributed by atoms with E-state index in [-0.39, 0.29) is 12.1 Å². The first-order valence-corrected chi connectivity index (χ1v) is 10.7. The summed E-state index contributed by atoms with van der Waals surface area (Å²) in [5, 5.41) is 6.17. The predicted octanol–water partition coefficient (Wildman–Crippen LogP) is 6.98. The van der Waals surface area contributed by atoms with Crippen LogP contribution in [0.4, 0.5) is 5.69 Å². The van der Waals surface area contributed by atoms with Crippen molar-refractivity contribution in [1.82, 2.24) is 0 Å². The third kappa shape index (κ3) is 2.51. The summed E-state index contributed by atoms with van der Waals surface area (Å²) in [5.74, 6) is 0.422. The second-order valence-electron chi connectivity index (χ2n) is 7.80. The van der Waals surface area contributed by atoms with Crippen LogP contribution in [0.5, 0.6) is 0 Å². The van der Waals surface area contributed by atoms with Crippen molar-refractivity contribution in [3.8, 4) is 0 Å². The number of halogens is 1. The molecule has 6 rings (SSSR count). The zero-order valence-electron chi connectivity index (χ0n) is 15.3. The standard InChI is InChI=1S/C24H20BrNO2/c25-15-8-9-20-19(13-15)24-17(5-3-11-27-24)23(26-20)14-7-10-22-18(12-14)16-4-1-2-6-21(16)28-22/h1-2,4,6-10,12-13,17,23-24,26H,3,5,11H2/t17?,23-,24?/m0/s1. The van der Waals surface area contributed by atoms with Crippen molar-refractivity contribution >= 4 is 43.6 Å². The molecule has 1 saturated heterocycles. The summed E-state index contributed by atoms with van der Waals surface area (Å²) in [4.78, 5) is 0. The Morgan fingerprint density at radius 1 is 0.929 bits per heavy atom. The topological polar surface area (TPSA) is 34.4 Å². The molecule has 28 heavy (non-hydrogen) atoms. The number of nitrogens with one attached hydrogen (secondary N) is 1. The molecule has 0 amide bonds. The molecule has 4 heteroatoms. The minimum atomic E-state index is 0.143. The van der Waals surface area contributed by atoms with Gasteiger partial charge in [-0.3, -0.25) is 0 Å². The Morgan fingerprint density at radius 3 is 2.79 bits per heavy atom. The molecule has 3 nitrogen and oxygen atoms in total. The average Bonchev–Trinajstić information content (AvgIpc) is 3.11. The van der Waals surface area contributed by atoms with Gasteiger partial charge < -0.3 is 14.5 Å². The van der Waals surface area contributed by atoms with Crippen LogP contribution in [-0.2, 0) is 4.74 Å². The molecule has 140 valence electrons. The first kappa shape index (κ1) is 16.6. The maximum Gasteiger partial charge on any atom is 0.135 e. The number of fused-ring (bicyclic) bond motifs is 6. The van der Waals surface area contributed by atoms with Gasteiger partial charge in [-0.1, -0.05) is 40.2 Å². The van der Waals surface area contributed by atoms with Crippen molar-refractivity contribution in [3.05, 3.63) is 76.3 Å². The number of furan rings is 1. The molecule has 1 N–H and O–H groups in total. The van der Waals surface area contributed by atoms with Crippen molar-refractivity contribution in [1.29, 1.82) is 0 Å². The Labute approximate surface area is 171 Å². The summed E-state index contributed by atoms with van der Waals surface area (Å²) in [6.45, 7) is 0.839. The van der Waals surface area contributed by atoms with Gasteiger partial charge in [-0.25, -0.2) is 0 Å². The molecule has 4 aromatic rings. The number of hydrogen-bond donors (Lipinski definition) is 1. The van der Waals surface area contributed by atoms with Crippen LogP contribution in [0.25, 0.3) is 21.9 Å². The Kier molecular flexibility index (Phi) is 3.78. The molecule has 0 saturated carbocycles. The van der Waals surface area contributed by atoms with Crippen molar-refractivity contribution < 1.29 is 9.15 Å². The highest BCUT2D eigenvalue weighted by molar-refractivity contribution is 9.10. The Morgan fingerprint density at radius 2 is 1.82 bits per heavy atom. The third-order valence-electron chi connectivity index (χ3n) is 6.19. The molecule has 2 unspecified atom stereocenters. The lowest BCUT2D eigenvalue weighted by molar-refractivity contribution is -0.0381. The van der Waals surface area contributed by atoms with Crippen LogP contribution in [0.2, 0.25) is 0 Å². The van der Waals surface area contributed by atoms with E-state index in [1.165, 1.54) is 34.0 Å². The van der Waals surface area contributed by atoms with Crippen molar-refractivity contribution in [2.24, 2.45) is 5.92 Å². The lowest BCUT2D eigenvalue weighted by Gasteiger charge is -2.43. The van der Waals surface area contributed by atoms with E-state index in [1.54, 1.807) is 0 Å². The van der Waals surface area contributed by atoms with Crippen LogP contribution >= 0.6 is 15.9 Å². The van der Waals surface area contributed by atoms with Gasteiger partial charge in [0.1, 0.15) is 11.2 Å². The highest BCUT2D eigenvalue weighted by Gasteiger charge is 2.40. The molecule has 1 aromatic heterocycles. The monoisotopic (exact) mass is 433 g/mol. The minimum Gasteiger partial charge on any atom is -0.456 e. The number of anilines is 1. The quantitative estimate of drug-likeness (QED) is 0.351. The normalized spacial score (nSPS) is 24.0. The van der Waals surface area contributed by atoms with E-state index in [0.29, 0.717) is 5.92 Å². The summed E-state index contributed by atoms with van der Waals surface area (Å²) < 4.78 is 13.4. The van der Waals surface area contributed by atoms with Crippen LogP contribution in [0.1, 0.15) is 36.1 Å². The molecule has 0 spiro atoms. The zero-order chi connectivity index (χ0) is 18.7. The second kappa shape index (κ2) is 6.36. The Balaban J connectivity index is 1.49. The van der Waals surface area contributed by atoms with E-state index in [2.05, 4.69) is 69.8 Å². The summed E-state index contributed by atoms with van der Waals surface area (Å²) in [6, 6.07) is 21.6. The minimum absolute atomic E-state index is 0.143. The van der Waals surface area contributed by atoms with E-state index in [1.807, 2.05) is 12.1 Å². The summed E-state index contributed by atoms with van der Waals surface area (Å²) in [6.07, 6.45) is 2.42. The summed E-state index contributed by atoms with van der Waals surface area (Å²) in [5.41, 5.74) is 5.63. The fourth-order valence-corrected chi connectivity index (χ4v) is 5.29. The van der Waals surface area contributed by atoms with Gasteiger partial charge in [0.2, 0.25) is 0 Å². The fraction of sp³-hybridized carbons (Fsp3) is 0.250. The predicted molar refractivity (Wildman–Crippen MR) is 116 cm³/mol. The molecule has 3 heterocycles. The molecule has 0 bridgehead atoms. The molecule has 3 aromatic carbocycles. The van der Waals surface area contributed by atoms with Crippen LogP contribution in [0.3, 0.4) is 0 Å². The van der Waals surface area contributed by atoms with E-state index in [4.69, 9.17) is 9.15 Å². The number of rotatable bonds is 1. The van der Waals surface area contributed by atoms with Gasteiger partial charge in [-0.05, 0) is 54.8 Å². The zero-order valence-corrected chi connectivity index (χ0v) is 16.9.